The SMILES string of the molecule is O=C(NC(=S)Nc1ccccc1C(F)(F)F)c1ccc(Br)cc1. The van der Waals surface area contributed by atoms with Gasteiger partial charge >= 0.3 is 6.18 Å². The molecule has 0 unspecified atom stereocenters. The summed E-state index contributed by atoms with van der Waals surface area (Å²) in [6.07, 6.45) is -4.52. The smallest absolute Gasteiger partial charge is 0.332 e. The summed E-state index contributed by atoms with van der Waals surface area (Å²) in [4.78, 5) is 12.0. The molecule has 0 aliphatic rings. The van der Waals surface area contributed by atoms with Crippen LogP contribution in [0.4, 0.5) is 18.9 Å². The van der Waals surface area contributed by atoms with Gasteiger partial charge in [0.2, 0.25) is 0 Å². The molecule has 3 nitrogen and oxygen atoms in total. The van der Waals surface area contributed by atoms with Crippen LogP contribution in [0.25, 0.3) is 0 Å². The first kappa shape index (κ1) is 17.4. The zero-order valence-electron chi connectivity index (χ0n) is 11.4. The van der Waals surface area contributed by atoms with Crippen molar-refractivity contribution in [3.63, 3.8) is 0 Å². The Bertz CT molecular complexity index is 732. The molecule has 0 spiro atoms. The molecule has 2 aromatic carbocycles. The van der Waals surface area contributed by atoms with Crippen LogP contribution < -0.4 is 10.6 Å². The molecule has 0 saturated heterocycles. The van der Waals surface area contributed by atoms with Crippen molar-refractivity contribution in [3.05, 3.63) is 64.1 Å². The first-order chi connectivity index (χ1) is 10.8. The lowest BCUT2D eigenvalue weighted by molar-refractivity contribution is -0.136. The minimum Gasteiger partial charge on any atom is -0.332 e. The average Bonchev–Trinajstić information content (AvgIpc) is 2.47. The fourth-order valence-corrected chi connectivity index (χ4v) is 2.24. The van der Waals surface area contributed by atoms with Crippen molar-refractivity contribution in [1.82, 2.24) is 5.32 Å². The Balaban J connectivity index is 2.08. The number of hydrogen-bond acceptors (Lipinski definition) is 2. The second-order valence-corrected chi connectivity index (χ2v) is 5.78. The zero-order chi connectivity index (χ0) is 17.0. The molecule has 0 aliphatic carbocycles. The number of carbonyl (C=O) groups excluding carboxylic acids is 1. The third-order valence-corrected chi connectivity index (χ3v) is 3.55. The van der Waals surface area contributed by atoms with E-state index in [-0.39, 0.29) is 10.8 Å². The molecule has 8 heteroatoms. The number of nitrogens with one attached hydrogen (secondary N) is 2. The average molecular weight is 403 g/mol. The lowest BCUT2D eigenvalue weighted by Gasteiger charge is -2.15. The van der Waals surface area contributed by atoms with Crippen LogP contribution in [-0.2, 0) is 6.18 Å². The van der Waals surface area contributed by atoms with E-state index in [1.165, 1.54) is 18.2 Å². The Hall–Kier alpha value is -1.93. The first-order valence-corrected chi connectivity index (χ1v) is 7.51. The Morgan fingerprint density at radius 3 is 2.26 bits per heavy atom. The molecule has 0 radical (unpaired) electrons. The van der Waals surface area contributed by atoms with Crippen LogP contribution in [0.2, 0.25) is 0 Å². The van der Waals surface area contributed by atoms with Crippen LogP contribution >= 0.6 is 28.1 Å². The monoisotopic (exact) mass is 402 g/mol. The number of alkyl halides is 3. The van der Waals surface area contributed by atoms with Gasteiger partial charge < -0.3 is 5.32 Å². The van der Waals surface area contributed by atoms with Gasteiger partial charge in [-0.05, 0) is 48.6 Å². The van der Waals surface area contributed by atoms with Crippen molar-refractivity contribution in [2.45, 2.75) is 6.18 Å². The summed E-state index contributed by atoms with van der Waals surface area (Å²) in [6, 6.07) is 11.3. The van der Waals surface area contributed by atoms with Gasteiger partial charge in [-0.15, -0.1) is 0 Å². The number of benzene rings is 2. The van der Waals surface area contributed by atoms with E-state index >= 15 is 0 Å². The molecule has 0 aliphatic heterocycles. The maximum atomic E-state index is 12.9. The fraction of sp³-hybridized carbons (Fsp3) is 0.0667. The van der Waals surface area contributed by atoms with Crippen LogP contribution in [-0.4, -0.2) is 11.0 Å². The van der Waals surface area contributed by atoms with Crippen molar-refractivity contribution in [2.75, 3.05) is 5.32 Å². The zero-order valence-corrected chi connectivity index (χ0v) is 13.8. The Labute approximate surface area is 144 Å². The molecule has 23 heavy (non-hydrogen) atoms. The minimum atomic E-state index is -4.52. The van der Waals surface area contributed by atoms with E-state index in [0.29, 0.717) is 5.56 Å². The van der Waals surface area contributed by atoms with Gasteiger partial charge in [0, 0.05) is 10.0 Å². The highest BCUT2D eigenvalue weighted by atomic mass is 79.9. The van der Waals surface area contributed by atoms with Crippen LogP contribution in [0.15, 0.2) is 53.0 Å². The highest BCUT2D eigenvalue weighted by Crippen LogP contribution is 2.34. The summed E-state index contributed by atoms with van der Waals surface area (Å²) in [5, 5.41) is 4.53. The van der Waals surface area contributed by atoms with E-state index in [1.54, 1.807) is 24.3 Å². The number of halogens is 4. The van der Waals surface area contributed by atoms with Crippen LogP contribution in [0.3, 0.4) is 0 Å². The van der Waals surface area contributed by atoms with Gasteiger partial charge in [-0.1, -0.05) is 28.1 Å². The summed E-state index contributed by atoms with van der Waals surface area (Å²) in [6.45, 7) is 0. The Morgan fingerprint density at radius 1 is 1.04 bits per heavy atom. The topological polar surface area (TPSA) is 41.1 Å². The highest BCUT2D eigenvalue weighted by Gasteiger charge is 2.33. The molecule has 1 amide bonds. The number of para-hydroxylation sites is 1. The fourth-order valence-electron chi connectivity index (χ4n) is 1.77. The lowest BCUT2D eigenvalue weighted by Crippen LogP contribution is -2.34. The third-order valence-electron chi connectivity index (χ3n) is 2.81. The normalized spacial score (nSPS) is 11.0. The number of rotatable bonds is 2. The summed E-state index contributed by atoms with van der Waals surface area (Å²) in [5.74, 6) is -0.514. The summed E-state index contributed by atoms with van der Waals surface area (Å²) in [7, 11) is 0. The molecule has 2 aromatic rings. The van der Waals surface area contributed by atoms with Gasteiger partial charge in [-0.25, -0.2) is 0 Å². The molecular formula is C15H10BrF3N2OS. The van der Waals surface area contributed by atoms with E-state index in [4.69, 9.17) is 12.2 Å². The first-order valence-electron chi connectivity index (χ1n) is 6.31. The van der Waals surface area contributed by atoms with Gasteiger partial charge in [0.15, 0.2) is 5.11 Å². The van der Waals surface area contributed by atoms with E-state index in [0.717, 1.165) is 10.5 Å². The van der Waals surface area contributed by atoms with Gasteiger partial charge in [0.25, 0.3) is 5.91 Å². The molecule has 0 fully saturated rings. The molecule has 120 valence electrons. The number of carbonyl (C=O) groups is 1. The lowest BCUT2D eigenvalue weighted by atomic mass is 10.1. The predicted octanol–water partition coefficient (Wildman–Crippen LogP) is 4.59. The van der Waals surface area contributed by atoms with E-state index in [1.807, 2.05) is 0 Å². The van der Waals surface area contributed by atoms with Gasteiger partial charge in [0.05, 0.1) is 11.3 Å². The molecule has 0 atom stereocenters. The summed E-state index contributed by atoms with van der Waals surface area (Å²) < 4.78 is 39.5. The minimum absolute atomic E-state index is 0.213. The van der Waals surface area contributed by atoms with E-state index in [9.17, 15) is 18.0 Å². The number of thiocarbonyl (C=S) groups is 1. The molecular weight excluding hydrogens is 393 g/mol. The Kier molecular flexibility index (Phi) is 5.38. The van der Waals surface area contributed by atoms with Crippen LogP contribution in [0.5, 0.6) is 0 Å². The van der Waals surface area contributed by atoms with Gasteiger partial charge in [-0.3, -0.25) is 10.1 Å². The molecule has 0 saturated carbocycles. The standard InChI is InChI=1S/C15H10BrF3N2OS/c16-10-7-5-9(6-8-10)13(22)21-14(23)20-12-4-2-1-3-11(12)15(17,18)19/h1-8H,(H2,20,21,22,23). The second-order valence-electron chi connectivity index (χ2n) is 4.46. The molecule has 0 aromatic heterocycles. The molecule has 0 heterocycles. The highest BCUT2D eigenvalue weighted by molar-refractivity contribution is 9.10. The number of amides is 1. The van der Waals surface area contributed by atoms with Crippen molar-refractivity contribution >= 4 is 44.9 Å². The van der Waals surface area contributed by atoms with Crippen LogP contribution in [0.1, 0.15) is 15.9 Å². The maximum Gasteiger partial charge on any atom is 0.418 e. The van der Waals surface area contributed by atoms with Gasteiger partial charge in [-0.2, -0.15) is 13.2 Å². The van der Waals surface area contributed by atoms with Gasteiger partial charge in [0.1, 0.15) is 0 Å². The summed E-state index contributed by atoms with van der Waals surface area (Å²) >= 11 is 8.14. The van der Waals surface area contributed by atoms with Crippen molar-refractivity contribution in [1.29, 1.82) is 0 Å². The number of anilines is 1. The van der Waals surface area contributed by atoms with Crippen molar-refractivity contribution in [2.24, 2.45) is 0 Å². The summed E-state index contributed by atoms with van der Waals surface area (Å²) in [5.41, 5.74) is -0.747. The predicted molar refractivity (Wildman–Crippen MR) is 89.3 cm³/mol. The van der Waals surface area contributed by atoms with Crippen LogP contribution in [0, 0.1) is 0 Å². The second kappa shape index (κ2) is 7.10. The van der Waals surface area contributed by atoms with E-state index in [2.05, 4.69) is 26.6 Å². The van der Waals surface area contributed by atoms with Crippen molar-refractivity contribution in [3.8, 4) is 0 Å². The van der Waals surface area contributed by atoms with E-state index < -0.39 is 17.6 Å². The largest absolute Gasteiger partial charge is 0.418 e. The van der Waals surface area contributed by atoms with Crippen molar-refractivity contribution < 1.29 is 18.0 Å². The number of hydrogen-bond donors (Lipinski definition) is 2. The third kappa shape index (κ3) is 4.77. The Morgan fingerprint density at radius 2 is 1.65 bits per heavy atom. The maximum absolute atomic E-state index is 12.9. The quantitative estimate of drug-likeness (QED) is 0.721. The molecule has 2 rings (SSSR count). The molecule has 0 bridgehead atoms. The molecule has 2 N–H and O–H groups in total.